The minimum atomic E-state index is -0.361. The van der Waals surface area contributed by atoms with E-state index in [1.165, 1.54) is 6.33 Å². The average molecular weight is 451 g/mol. The molecule has 10 nitrogen and oxygen atoms in total. The van der Waals surface area contributed by atoms with Gasteiger partial charge in [0.25, 0.3) is 5.56 Å². The van der Waals surface area contributed by atoms with Crippen LogP contribution in [0.1, 0.15) is 24.4 Å². The van der Waals surface area contributed by atoms with Crippen LogP contribution >= 0.6 is 0 Å². The standard InChI is InChI=1S/C24H21N9O/c1-14-9-11-32-20(14)24(34)33(16-6-4-3-5-7-16)23(31-32)15(2)29-22-19-17(18-8-10-28-30-18)12-25-21(19)26-13-27-22/h3-13,15H,1-2H3,(H,28,30)(H2,25,26,27,29)/t15-/m0/s1. The molecule has 5 heterocycles. The highest BCUT2D eigenvalue weighted by molar-refractivity contribution is 6.00. The number of H-pyrrole nitrogens is 2. The number of para-hydroxylation sites is 1. The van der Waals surface area contributed by atoms with E-state index < -0.39 is 0 Å². The van der Waals surface area contributed by atoms with Gasteiger partial charge in [0.2, 0.25) is 0 Å². The second-order valence-electron chi connectivity index (χ2n) is 8.10. The average Bonchev–Trinajstić information content (AvgIpc) is 3.60. The van der Waals surface area contributed by atoms with Crippen molar-refractivity contribution in [2.24, 2.45) is 0 Å². The van der Waals surface area contributed by atoms with Crippen molar-refractivity contribution in [2.75, 3.05) is 5.32 Å². The zero-order valence-electron chi connectivity index (χ0n) is 18.5. The summed E-state index contributed by atoms with van der Waals surface area (Å²) in [7, 11) is 0. The smallest absolute Gasteiger partial charge is 0.282 e. The van der Waals surface area contributed by atoms with Crippen LogP contribution in [0.3, 0.4) is 0 Å². The molecule has 0 amide bonds. The molecule has 0 unspecified atom stereocenters. The molecule has 0 radical (unpaired) electrons. The van der Waals surface area contributed by atoms with E-state index in [0.717, 1.165) is 27.9 Å². The van der Waals surface area contributed by atoms with Crippen LogP contribution in [0.15, 0.2) is 72.2 Å². The lowest BCUT2D eigenvalue weighted by atomic mass is 10.1. The predicted octanol–water partition coefficient (Wildman–Crippen LogP) is 3.63. The van der Waals surface area contributed by atoms with E-state index in [2.05, 4.69) is 30.5 Å². The number of nitrogens with one attached hydrogen (secondary N) is 3. The molecule has 1 aromatic carbocycles. The van der Waals surface area contributed by atoms with Gasteiger partial charge < -0.3 is 10.3 Å². The number of nitrogens with zero attached hydrogens (tertiary/aromatic N) is 6. The summed E-state index contributed by atoms with van der Waals surface area (Å²) in [5.74, 6) is 1.18. The van der Waals surface area contributed by atoms with E-state index in [-0.39, 0.29) is 11.6 Å². The van der Waals surface area contributed by atoms with Gasteiger partial charge in [0.15, 0.2) is 5.82 Å². The number of benzene rings is 1. The summed E-state index contributed by atoms with van der Waals surface area (Å²) >= 11 is 0. The van der Waals surface area contributed by atoms with Crippen LogP contribution in [-0.4, -0.2) is 39.3 Å². The number of aromatic amines is 2. The van der Waals surface area contributed by atoms with Gasteiger partial charge in [-0.2, -0.15) is 10.2 Å². The van der Waals surface area contributed by atoms with Gasteiger partial charge in [0, 0.05) is 24.2 Å². The van der Waals surface area contributed by atoms with Crippen LogP contribution in [-0.2, 0) is 0 Å². The lowest BCUT2D eigenvalue weighted by Gasteiger charge is -2.20. The number of rotatable bonds is 5. The van der Waals surface area contributed by atoms with Crippen LogP contribution in [0, 0.1) is 6.92 Å². The Morgan fingerprint density at radius 2 is 1.94 bits per heavy atom. The molecule has 0 spiro atoms. The third-order valence-corrected chi connectivity index (χ3v) is 5.91. The van der Waals surface area contributed by atoms with Gasteiger partial charge in [-0.1, -0.05) is 18.2 Å². The highest BCUT2D eigenvalue weighted by Crippen LogP contribution is 2.32. The van der Waals surface area contributed by atoms with Crippen LogP contribution in [0.25, 0.3) is 33.5 Å². The first-order valence-electron chi connectivity index (χ1n) is 10.9. The fourth-order valence-electron chi connectivity index (χ4n) is 4.29. The monoisotopic (exact) mass is 451 g/mol. The summed E-state index contributed by atoms with van der Waals surface area (Å²) in [6.07, 6.45) is 6.93. The normalized spacial score (nSPS) is 12.4. The Morgan fingerprint density at radius 3 is 2.74 bits per heavy atom. The minimum Gasteiger partial charge on any atom is -0.360 e. The summed E-state index contributed by atoms with van der Waals surface area (Å²) in [5, 5.41) is 16.2. The molecule has 0 aliphatic heterocycles. The van der Waals surface area contributed by atoms with Crippen LogP contribution < -0.4 is 10.9 Å². The number of aromatic nitrogens is 8. The van der Waals surface area contributed by atoms with Crippen molar-refractivity contribution in [1.82, 2.24) is 39.3 Å². The van der Waals surface area contributed by atoms with Gasteiger partial charge >= 0.3 is 0 Å². The summed E-state index contributed by atoms with van der Waals surface area (Å²) in [6.45, 7) is 3.87. The van der Waals surface area contributed by atoms with Crippen molar-refractivity contribution >= 4 is 22.4 Å². The molecular weight excluding hydrogens is 430 g/mol. The van der Waals surface area contributed by atoms with E-state index in [4.69, 9.17) is 5.10 Å². The Kier molecular flexibility index (Phi) is 4.51. The first kappa shape index (κ1) is 19.9. The maximum atomic E-state index is 13.6. The molecule has 34 heavy (non-hydrogen) atoms. The van der Waals surface area contributed by atoms with E-state index in [1.54, 1.807) is 15.3 Å². The topological polar surface area (TPSA) is 122 Å². The number of hydrogen-bond acceptors (Lipinski definition) is 6. The fourth-order valence-corrected chi connectivity index (χ4v) is 4.29. The minimum absolute atomic E-state index is 0.126. The Balaban J connectivity index is 1.51. The van der Waals surface area contributed by atoms with Gasteiger partial charge in [-0.25, -0.2) is 14.5 Å². The maximum Gasteiger partial charge on any atom is 0.282 e. The molecule has 0 bridgehead atoms. The fraction of sp³-hybridized carbons (Fsp3) is 0.125. The van der Waals surface area contributed by atoms with E-state index in [9.17, 15) is 4.79 Å². The zero-order chi connectivity index (χ0) is 23.2. The van der Waals surface area contributed by atoms with Gasteiger partial charge in [-0.15, -0.1) is 0 Å². The van der Waals surface area contributed by atoms with Crippen molar-refractivity contribution in [3.63, 3.8) is 0 Å². The molecule has 168 valence electrons. The van der Waals surface area contributed by atoms with Crippen molar-refractivity contribution in [3.05, 3.63) is 89.1 Å². The van der Waals surface area contributed by atoms with Gasteiger partial charge in [0.05, 0.1) is 22.8 Å². The highest BCUT2D eigenvalue weighted by atomic mass is 16.1. The van der Waals surface area contributed by atoms with Gasteiger partial charge in [-0.05, 0) is 43.7 Å². The van der Waals surface area contributed by atoms with Crippen LogP contribution in [0.5, 0.6) is 0 Å². The molecule has 1 atom stereocenters. The molecule has 5 aromatic heterocycles. The van der Waals surface area contributed by atoms with Crippen molar-refractivity contribution in [1.29, 1.82) is 0 Å². The molecule has 10 heteroatoms. The number of fused-ring (bicyclic) bond motifs is 2. The largest absolute Gasteiger partial charge is 0.360 e. The molecular formula is C24H21N9O. The van der Waals surface area contributed by atoms with E-state index >= 15 is 0 Å². The molecule has 0 aliphatic carbocycles. The van der Waals surface area contributed by atoms with E-state index in [1.807, 2.05) is 68.7 Å². The SMILES string of the molecule is Cc1ccn2nc([C@H](C)Nc3ncnc4[nH]cc(-c5cc[nH]n5)c34)n(-c3ccccc3)c(=O)c12. The number of hydrogen-bond donors (Lipinski definition) is 3. The summed E-state index contributed by atoms with van der Waals surface area (Å²) < 4.78 is 3.30. The van der Waals surface area contributed by atoms with Gasteiger partial charge in [-0.3, -0.25) is 14.5 Å². The van der Waals surface area contributed by atoms with Crippen molar-refractivity contribution < 1.29 is 0 Å². The third kappa shape index (κ3) is 3.07. The number of anilines is 1. The van der Waals surface area contributed by atoms with E-state index in [0.29, 0.717) is 22.8 Å². The quantitative estimate of drug-likeness (QED) is 0.368. The lowest BCUT2D eigenvalue weighted by Crippen LogP contribution is -2.29. The maximum absolute atomic E-state index is 13.6. The summed E-state index contributed by atoms with van der Waals surface area (Å²) in [5.41, 5.74) is 4.39. The molecule has 6 aromatic rings. The molecule has 0 fully saturated rings. The first-order valence-corrected chi connectivity index (χ1v) is 10.9. The van der Waals surface area contributed by atoms with Crippen molar-refractivity contribution in [3.8, 4) is 16.9 Å². The molecule has 6 rings (SSSR count). The summed E-state index contributed by atoms with van der Waals surface area (Å²) in [4.78, 5) is 25.6. The second-order valence-corrected chi connectivity index (χ2v) is 8.10. The Labute approximate surface area is 193 Å². The lowest BCUT2D eigenvalue weighted by molar-refractivity contribution is 0.673. The Hall–Kier alpha value is -4.73. The Bertz CT molecular complexity index is 1680. The first-order chi connectivity index (χ1) is 16.6. The highest BCUT2D eigenvalue weighted by Gasteiger charge is 2.22. The molecule has 3 N–H and O–H groups in total. The zero-order valence-corrected chi connectivity index (χ0v) is 18.5. The van der Waals surface area contributed by atoms with Gasteiger partial charge in [0.1, 0.15) is 23.3 Å². The van der Waals surface area contributed by atoms with Crippen LogP contribution in [0.2, 0.25) is 0 Å². The van der Waals surface area contributed by atoms with Crippen molar-refractivity contribution in [2.45, 2.75) is 19.9 Å². The summed E-state index contributed by atoms with van der Waals surface area (Å²) in [6, 6.07) is 13.0. The van der Waals surface area contributed by atoms with Crippen LogP contribution in [0.4, 0.5) is 5.82 Å². The Morgan fingerprint density at radius 1 is 1.09 bits per heavy atom. The molecule has 0 saturated heterocycles. The third-order valence-electron chi connectivity index (χ3n) is 5.91. The predicted molar refractivity (Wildman–Crippen MR) is 129 cm³/mol. The molecule has 0 saturated carbocycles. The number of aryl methyl sites for hydroxylation is 1. The second kappa shape index (κ2) is 7.69. The molecule has 0 aliphatic rings.